The molecule has 0 unspecified atom stereocenters. The molecule has 2 aromatic rings. The lowest BCUT2D eigenvalue weighted by Gasteiger charge is -2.06. The minimum absolute atomic E-state index is 0.0656. The van der Waals surface area contributed by atoms with Crippen LogP contribution in [-0.2, 0) is 0 Å². The summed E-state index contributed by atoms with van der Waals surface area (Å²) in [5.74, 6) is -0.815. The number of benzene rings is 1. The Morgan fingerprint density at radius 3 is 2.79 bits per heavy atom. The number of thioether (sulfide) groups is 1. The second-order valence-electron chi connectivity index (χ2n) is 3.24. The lowest BCUT2D eigenvalue weighted by atomic mass is 10.2. The molecule has 19 heavy (non-hydrogen) atoms. The van der Waals surface area contributed by atoms with E-state index in [1.54, 1.807) is 12.1 Å². The van der Waals surface area contributed by atoms with Crippen molar-refractivity contribution in [3.8, 4) is 0 Å². The molecule has 1 aromatic carbocycles. The highest BCUT2D eigenvalue weighted by atomic mass is 32.2. The number of halogens is 1. The van der Waals surface area contributed by atoms with E-state index >= 15 is 0 Å². The Balaban J connectivity index is 2.37. The Kier molecular flexibility index (Phi) is 4.61. The molecule has 0 fully saturated rings. The van der Waals surface area contributed by atoms with E-state index in [-0.39, 0.29) is 11.4 Å². The quantitative estimate of drug-likeness (QED) is 0.296. The maximum Gasteiger partial charge on any atom is 0.179 e. The molecule has 2 rings (SSSR count). The first-order chi connectivity index (χ1) is 9.15. The van der Waals surface area contributed by atoms with Gasteiger partial charge in [0.15, 0.2) is 14.5 Å². The van der Waals surface area contributed by atoms with Gasteiger partial charge in [0.1, 0.15) is 5.82 Å². The van der Waals surface area contributed by atoms with Gasteiger partial charge in [-0.2, -0.15) is 0 Å². The van der Waals surface area contributed by atoms with Gasteiger partial charge in [-0.15, -0.1) is 10.2 Å². The van der Waals surface area contributed by atoms with Crippen LogP contribution in [0, 0.1) is 5.82 Å². The van der Waals surface area contributed by atoms with Crippen LogP contribution >= 0.6 is 34.9 Å². The van der Waals surface area contributed by atoms with Crippen LogP contribution in [0.25, 0.3) is 0 Å². The molecule has 1 aromatic heterocycles. The predicted octanol–water partition coefficient (Wildman–Crippen LogP) is 2.64. The minimum atomic E-state index is -0.546. The van der Waals surface area contributed by atoms with Crippen molar-refractivity contribution in [2.24, 2.45) is 10.9 Å². The number of nitrogens with zero attached hydrogens (tertiary/aromatic N) is 3. The summed E-state index contributed by atoms with van der Waals surface area (Å²) in [6.07, 6.45) is 1.90. The molecule has 0 spiro atoms. The highest BCUT2D eigenvalue weighted by molar-refractivity contribution is 8.03. The molecule has 0 aliphatic carbocycles. The monoisotopic (exact) mass is 316 g/mol. The van der Waals surface area contributed by atoms with Crippen molar-refractivity contribution in [3.05, 3.63) is 29.6 Å². The van der Waals surface area contributed by atoms with Crippen LogP contribution in [0.15, 0.2) is 36.9 Å². The zero-order chi connectivity index (χ0) is 13.8. The average molecular weight is 316 g/mol. The van der Waals surface area contributed by atoms with Crippen molar-refractivity contribution in [1.82, 2.24) is 10.2 Å². The predicted molar refractivity (Wildman–Crippen MR) is 74.7 cm³/mol. The molecule has 0 bridgehead atoms. The molecule has 0 radical (unpaired) electrons. The van der Waals surface area contributed by atoms with E-state index in [9.17, 15) is 4.39 Å². The van der Waals surface area contributed by atoms with E-state index in [0.29, 0.717) is 9.24 Å². The third-order valence-corrected chi connectivity index (χ3v) is 5.11. The number of aromatic nitrogens is 2. The summed E-state index contributed by atoms with van der Waals surface area (Å²) in [6, 6.07) is 4.49. The molecule has 0 saturated carbocycles. The topological polar surface area (TPSA) is 84.4 Å². The van der Waals surface area contributed by atoms with Crippen LogP contribution < -0.4 is 5.73 Å². The maximum atomic E-state index is 13.7. The third-order valence-electron chi connectivity index (χ3n) is 2.10. The number of hydrogen-bond donors (Lipinski definition) is 2. The molecule has 9 heteroatoms. The van der Waals surface area contributed by atoms with Gasteiger partial charge in [-0.25, -0.2) is 4.39 Å². The van der Waals surface area contributed by atoms with Gasteiger partial charge in [-0.3, -0.25) is 0 Å². The zero-order valence-corrected chi connectivity index (χ0v) is 12.2. The fourth-order valence-corrected chi connectivity index (χ4v) is 3.86. The van der Waals surface area contributed by atoms with Crippen LogP contribution in [-0.4, -0.2) is 27.5 Å². The van der Waals surface area contributed by atoms with Gasteiger partial charge in [0.25, 0.3) is 0 Å². The fraction of sp³-hybridized carbons (Fsp3) is 0.100. The molecular formula is C10H9FN4OS3. The van der Waals surface area contributed by atoms with Crippen molar-refractivity contribution >= 4 is 40.7 Å². The Labute approximate surface area is 121 Å². The van der Waals surface area contributed by atoms with E-state index in [4.69, 9.17) is 10.9 Å². The molecule has 0 saturated heterocycles. The number of hydrogen-bond acceptors (Lipinski definition) is 7. The van der Waals surface area contributed by atoms with Crippen LogP contribution in [0.1, 0.15) is 5.56 Å². The Hall–Kier alpha value is -1.32. The van der Waals surface area contributed by atoms with E-state index in [0.717, 1.165) is 4.34 Å². The van der Waals surface area contributed by atoms with Crippen LogP contribution in [0.3, 0.4) is 0 Å². The summed E-state index contributed by atoms with van der Waals surface area (Å²) in [6.45, 7) is 0. The van der Waals surface area contributed by atoms with Gasteiger partial charge in [0.2, 0.25) is 0 Å². The van der Waals surface area contributed by atoms with Crippen molar-refractivity contribution in [3.63, 3.8) is 0 Å². The summed E-state index contributed by atoms with van der Waals surface area (Å²) in [5.41, 5.74) is 5.56. The lowest BCUT2D eigenvalue weighted by Crippen LogP contribution is -2.16. The number of amidine groups is 1. The second-order valence-corrected chi connectivity index (χ2v) is 6.56. The van der Waals surface area contributed by atoms with Crippen LogP contribution in [0.5, 0.6) is 0 Å². The molecule has 0 amide bonds. The van der Waals surface area contributed by atoms with Gasteiger partial charge in [-0.05, 0) is 18.4 Å². The molecule has 0 aliphatic heterocycles. The van der Waals surface area contributed by atoms with E-state index in [2.05, 4.69) is 15.4 Å². The molecule has 1 heterocycles. The number of oxime groups is 1. The Bertz CT molecular complexity index is 617. The van der Waals surface area contributed by atoms with Gasteiger partial charge in [0.05, 0.1) is 5.56 Å². The number of nitrogens with two attached hydrogens (primary N) is 1. The molecule has 3 N–H and O–H groups in total. The van der Waals surface area contributed by atoms with Crippen molar-refractivity contribution in [2.45, 2.75) is 13.6 Å². The molecule has 0 aliphatic rings. The van der Waals surface area contributed by atoms with Gasteiger partial charge in [0, 0.05) is 4.90 Å². The summed E-state index contributed by atoms with van der Waals surface area (Å²) in [7, 11) is 0. The van der Waals surface area contributed by atoms with Gasteiger partial charge in [-0.1, -0.05) is 46.1 Å². The smallest absolute Gasteiger partial charge is 0.179 e. The standard InChI is InChI=1S/C10H9FN4OS3/c1-17-9-13-14-10(19-9)18-6-4-2-3-5(11)7(6)8(12)15-16/h2-4,16H,1H3,(H2,12,15). The first kappa shape index (κ1) is 14.1. The van der Waals surface area contributed by atoms with Crippen LogP contribution in [0.4, 0.5) is 4.39 Å². The summed E-state index contributed by atoms with van der Waals surface area (Å²) in [4.78, 5) is 0.527. The van der Waals surface area contributed by atoms with E-state index in [1.807, 2.05) is 6.26 Å². The summed E-state index contributed by atoms with van der Waals surface area (Å²) < 4.78 is 15.2. The Morgan fingerprint density at radius 1 is 1.42 bits per heavy atom. The van der Waals surface area contributed by atoms with Crippen molar-refractivity contribution in [1.29, 1.82) is 0 Å². The summed E-state index contributed by atoms with van der Waals surface area (Å²) in [5, 5.41) is 19.5. The first-order valence-corrected chi connectivity index (χ1v) is 7.83. The Morgan fingerprint density at radius 2 is 2.16 bits per heavy atom. The van der Waals surface area contributed by atoms with Crippen LogP contribution in [0.2, 0.25) is 0 Å². The normalized spacial score (nSPS) is 11.8. The number of rotatable bonds is 4. The average Bonchev–Trinajstić information content (AvgIpc) is 2.86. The maximum absolute atomic E-state index is 13.7. The van der Waals surface area contributed by atoms with Crippen molar-refractivity contribution < 1.29 is 9.60 Å². The minimum Gasteiger partial charge on any atom is -0.409 e. The fourth-order valence-electron chi connectivity index (χ4n) is 1.30. The third kappa shape index (κ3) is 3.17. The van der Waals surface area contributed by atoms with Gasteiger partial charge >= 0.3 is 0 Å². The second kappa shape index (κ2) is 6.22. The molecule has 5 nitrogen and oxygen atoms in total. The molecule has 100 valence electrons. The molecule has 0 atom stereocenters. The highest BCUT2D eigenvalue weighted by Gasteiger charge is 2.15. The highest BCUT2D eigenvalue weighted by Crippen LogP contribution is 2.35. The summed E-state index contributed by atoms with van der Waals surface area (Å²) >= 11 is 4.11. The zero-order valence-electron chi connectivity index (χ0n) is 9.70. The van der Waals surface area contributed by atoms with E-state index < -0.39 is 5.82 Å². The SMILES string of the molecule is CSc1nnc(Sc2cccc(F)c2/C(N)=N/O)s1. The lowest BCUT2D eigenvalue weighted by molar-refractivity contribution is 0.318. The van der Waals surface area contributed by atoms with Crippen molar-refractivity contribution in [2.75, 3.05) is 6.26 Å². The first-order valence-electron chi connectivity index (χ1n) is 4.97. The van der Waals surface area contributed by atoms with E-state index in [1.165, 1.54) is 40.9 Å². The van der Waals surface area contributed by atoms with Gasteiger partial charge < -0.3 is 10.9 Å². The molecular weight excluding hydrogens is 307 g/mol. The largest absolute Gasteiger partial charge is 0.409 e.